The van der Waals surface area contributed by atoms with E-state index in [1.807, 2.05) is 7.05 Å². The van der Waals surface area contributed by atoms with E-state index in [4.69, 9.17) is 5.73 Å². The maximum atomic E-state index is 7.11. The van der Waals surface area contributed by atoms with Gasteiger partial charge in [0.2, 0.25) is 0 Å². The predicted molar refractivity (Wildman–Crippen MR) is 178 cm³/mol. The van der Waals surface area contributed by atoms with E-state index in [1.54, 1.807) is 0 Å². The number of nitrogens with one attached hydrogen (secondary N) is 4. The van der Waals surface area contributed by atoms with Gasteiger partial charge in [-0.15, -0.1) is 5.12 Å². The van der Waals surface area contributed by atoms with Crippen LogP contribution in [0.25, 0.3) is 0 Å². The van der Waals surface area contributed by atoms with Gasteiger partial charge in [0.05, 0.1) is 0 Å². The lowest BCUT2D eigenvalue weighted by molar-refractivity contribution is -0.314. The summed E-state index contributed by atoms with van der Waals surface area (Å²) < 4.78 is 0. The van der Waals surface area contributed by atoms with Crippen molar-refractivity contribution in [2.75, 3.05) is 60.4 Å². The van der Waals surface area contributed by atoms with Gasteiger partial charge in [0.1, 0.15) is 17.6 Å². The van der Waals surface area contributed by atoms with Gasteiger partial charge in [-0.1, -0.05) is 93.4 Å². The van der Waals surface area contributed by atoms with Crippen molar-refractivity contribution >= 4 is 0 Å². The fourth-order valence-electron chi connectivity index (χ4n) is 5.80. The predicted octanol–water partition coefficient (Wildman–Crippen LogP) is 4.49. The normalized spacial score (nSPS) is 16.3. The molecule has 10 nitrogen and oxygen atoms in total. The summed E-state index contributed by atoms with van der Waals surface area (Å²) in [5, 5.41) is 17.4. The van der Waals surface area contributed by atoms with Gasteiger partial charge >= 0.3 is 0 Å². The highest BCUT2D eigenvalue weighted by Crippen LogP contribution is 2.34. The second-order valence-electron chi connectivity index (χ2n) is 11.5. The molecule has 41 heavy (non-hydrogen) atoms. The van der Waals surface area contributed by atoms with Gasteiger partial charge in [0.15, 0.2) is 0 Å². The SMILES string of the molecule is CCCCCCN(N(CC)C(N)N(CC)CC)N(NCCCCC)C(CCCC)(NCCC)C(C)(NC)N(C)NC. The number of nitrogens with two attached hydrogens (primary N) is 1. The van der Waals surface area contributed by atoms with Gasteiger partial charge in [-0.25, -0.2) is 10.4 Å². The van der Waals surface area contributed by atoms with Gasteiger partial charge in [0, 0.05) is 26.7 Å². The van der Waals surface area contributed by atoms with E-state index in [1.165, 1.54) is 32.1 Å². The van der Waals surface area contributed by atoms with E-state index in [-0.39, 0.29) is 6.29 Å². The minimum absolute atomic E-state index is 0.223. The van der Waals surface area contributed by atoms with Gasteiger partial charge in [0.25, 0.3) is 0 Å². The highest BCUT2D eigenvalue weighted by atomic mass is 16.0. The van der Waals surface area contributed by atoms with Gasteiger partial charge < -0.3 is 5.73 Å². The van der Waals surface area contributed by atoms with Crippen LogP contribution in [-0.2, 0) is 0 Å². The highest BCUT2D eigenvalue weighted by Gasteiger charge is 2.56. The molecule has 0 saturated heterocycles. The van der Waals surface area contributed by atoms with E-state index in [0.717, 1.165) is 77.8 Å². The number of likely N-dealkylation sites (N-methyl/N-ethyl adjacent to an activating group) is 2. The van der Waals surface area contributed by atoms with E-state index < -0.39 is 11.3 Å². The summed E-state index contributed by atoms with van der Waals surface area (Å²) in [6.07, 6.45) is 12.3. The van der Waals surface area contributed by atoms with Crippen LogP contribution in [0.2, 0.25) is 0 Å². The molecule has 0 aromatic carbocycles. The van der Waals surface area contributed by atoms with Crippen LogP contribution in [0.4, 0.5) is 0 Å². The third-order valence-corrected chi connectivity index (χ3v) is 8.82. The fraction of sp³-hybridized carbons (Fsp3) is 1.00. The number of hydrogen-bond donors (Lipinski definition) is 5. The van der Waals surface area contributed by atoms with Crippen LogP contribution < -0.4 is 27.2 Å². The molecule has 0 heterocycles. The molecule has 0 rings (SSSR count). The standard InChI is InChI=1S/C31H74N10/c1-12-19-22-24-28-40(39(18-7)29(32)38(16-5)17-6)41(36-27-23-20-13-2)31(25-21-14-3,35-26-15-4)30(8,33-9)37(11)34-10/h29,33-36H,12-28,32H2,1-11H3. The lowest BCUT2D eigenvalue weighted by atomic mass is 9.87. The maximum absolute atomic E-state index is 7.11. The molecule has 0 radical (unpaired) electrons. The molecular weight excluding hydrogens is 512 g/mol. The lowest BCUT2D eigenvalue weighted by Crippen LogP contribution is -2.86. The molecule has 3 unspecified atom stereocenters. The zero-order valence-corrected chi connectivity index (χ0v) is 29.4. The van der Waals surface area contributed by atoms with Crippen molar-refractivity contribution in [1.82, 2.24) is 46.6 Å². The molecule has 0 aliphatic carbocycles. The Kier molecular flexibility index (Phi) is 22.8. The molecule has 0 bridgehead atoms. The minimum atomic E-state index is -0.501. The van der Waals surface area contributed by atoms with Crippen molar-refractivity contribution in [3.63, 3.8) is 0 Å². The molecule has 3 atom stereocenters. The van der Waals surface area contributed by atoms with Crippen LogP contribution in [-0.4, -0.2) is 103 Å². The average molecular weight is 587 g/mol. The van der Waals surface area contributed by atoms with Crippen LogP contribution in [0.3, 0.4) is 0 Å². The third-order valence-electron chi connectivity index (χ3n) is 8.82. The number of rotatable bonds is 28. The Balaban J connectivity index is 7.37. The average Bonchev–Trinajstić information content (AvgIpc) is 2.99. The zero-order chi connectivity index (χ0) is 31.3. The largest absolute Gasteiger partial charge is 0.302 e. The molecule has 0 aromatic rings. The molecule has 0 amide bonds. The molecule has 0 aliphatic heterocycles. The van der Waals surface area contributed by atoms with Crippen LogP contribution in [0.1, 0.15) is 126 Å². The lowest BCUT2D eigenvalue weighted by Gasteiger charge is -2.61. The topological polar surface area (TPSA) is 90.3 Å². The molecule has 6 N–H and O–H groups in total. The van der Waals surface area contributed by atoms with Crippen molar-refractivity contribution in [3.8, 4) is 0 Å². The summed E-state index contributed by atoms with van der Waals surface area (Å²) in [6.45, 7) is 23.4. The quantitative estimate of drug-likeness (QED) is 0.0513. The molecule has 248 valence electrons. The summed E-state index contributed by atoms with van der Waals surface area (Å²) in [4.78, 5) is 2.35. The Hall–Kier alpha value is -0.400. The van der Waals surface area contributed by atoms with Crippen LogP contribution >= 0.6 is 0 Å². The Morgan fingerprint density at radius 2 is 1.34 bits per heavy atom. The second kappa shape index (κ2) is 23.0. The molecule has 10 heteroatoms. The maximum Gasteiger partial charge on any atom is 0.134 e. The van der Waals surface area contributed by atoms with Crippen molar-refractivity contribution < 1.29 is 0 Å². The van der Waals surface area contributed by atoms with Crippen molar-refractivity contribution in [3.05, 3.63) is 0 Å². The van der Waals surface area contributed by atoms with Crippen LogP contribution in [0.15, 0.2) is 0 Å². The first kappa shape index (κ1) is 40.6. The van der Waals surface area contributed by atoms with Gasteiger partial charge in [-0.2, -0.15) is 10.1 Å². The monoisotopic (exact) mass is 587 g/mol. The number of unbranched alkanes of at least 4 members (excludes halogenated alkanes) is 6. The number of hydrazine groups is 4. The summed E-state index contributed by atoms with van der Waals surface area (Å²) >= 11 is 0. The zero-order valence-electron chi connectivity index (χ0n) is 29.4. The number of nitrogens with zero attached hydrogens (tertiary/aromatic N) is 5. The molecule has 0 fully saturated rings. The summed E-state index contributed by atoms with van der Waals surface area (Å²) in [5.41, 5.74) is 13.6. The Morgan fingerprint density at radius 1 is 0.732 bits per heavy atom. The Bertz CT molecular complexity index is 597. The Morgan fingerprint density at radius 3 is 1.83 bits per heavy atom. The van der Waals surface area contributed by atoms with Gasteiger partial charge in [-0.3, -0.25) is 21.0 Å². The molecule has 0 aliphatic rings. The summed E-state index contributed by atoms with van der Waals surface area (Å²) in [7, 11) is 6.24. The van der Waals surface area contributed by atoms with Crippen LogP contribution in [0.5, 0.6) is 0 Å². The van der Waals surface area contributed by atoms with Crippen molar-refractivity contribution in [2.45, 2.75) is 144 Å². The smallest absolute Gasteiger partial charge is 0.134 e. The molecule has 0 aromatic heterocycles. The molecule has 0 saturated carbocycles. The first-order valence-electron chi connectivity index (χ1n) is 17.1. The first-order chi connectivity index (χ1) is 19.7. The van der Waals surface area contributed by atoms with Crippen molar-refractivity contribution in [2.24, 2.45) is 5.73 Å². The van der Waals surface area contributed by atoms with E-state index in [9.17, 15) is 0 Å². The van der Waals surface area contributed by atoms with Gasteiger partial charge in [-0.05, 0) is 66.3 Å². The van der Waals surface area contributed by atoms with E-state index in [0.29, 0.717) is 0 Å². The highest BCUT2D eigenvalue weighted by molar-refractivity contribution is 5.04. The first-order valence-corrected chi connectivity index (χ1v) is 17.1. The van der Waals surface area contributed by atoms with E-state index >= 15 is 0 Å². The molecule has 0 spiro atoms. The molecular formula is C31H74N10. The van der Waals surface area contributed by atoms with E-state index in [2.05, 4.69) is 116 Å². The Labute approximate surface area is 256 Å². The summed E-state index contributed by atoms with van der Waals surface area (Å²) in [6, 6.07) is 0. The number of hydrogen-bond acceptors (Lipinski definition) is 10. The fourth-order valence-corrected chi connectivity index (χ4v) is 5.80. The summed E-state index contributed by atoms with van der Waals surface area (Å²) in [5.74, 6) is 0. The van der Waals surface area contributed by atoms with Crippen LogP contribution in [0, 0.1) is 0 Å². The third kappa shape index (κ3) is 11.6. The minimum Gasteiger partial charge on any atom is -0.302 e. The second-order valence-corrected chi connectivity index (χ2v) is 11.5. The van der Waals surface area contributed by atoms with Crippen molar-refractivity contribution in [1.29, 1.82) is 0 Å².